The SMILES string of the molecule is CC(C)c1nn2c(N)c(C#N)cnc2c1-c1ccc(Br)cc1. The van der Waals surface area contributed by atoms with Crippen molar-refractivity contribution in [3.05, 3.63) is 46.2 Å². The van der Waals surface area contributed by atoms with Gasteiger partial charge in [0.15, 0.2) is 5.65 Å². The lowest BCUT2D eigenvalue weighted by atomic mass is 9.99. The predicted molar refractivity (Wildman–Crippen MR) is 89.3 cm³/mol. The molecule has 3 rings (SSSR count). The number of rotatable bonds is 2. The number of nitrogens with zero attached hydrogens (tertiary/aromatic N) is 4. The highest BCUT2D eigenvalue weighted by Gasteiger charge is 2.20. The summed E-state index contributed by atoms with van der Waals surface area (Å²) in [6, 6.07) is 10.0. The molecule has 0 atom stereocenters. The Kier molecular flexibility index (Phi) is 3.59. The van der Waals surface area contributed by atoms with Crippen molar-refractivity contribution in [3.8, 4) is 17.2 Å². The second-order valence-corrected chi connectivity index (χ2v) is 6.24. The van der Waals surface area contributed by atoms with Crippen LogP contribution in [0.25, 0.3) is 16.8 Å². The largest absolute Gasteiger partial charge is 0.382 e. The zero-order chi connectivity index (χ0) is 15.9. The fourth-order valence-corrected chi connectivity index (χ4v) is 2.67. The third-order valence-electron chi connectivity index (χ3n) is 3.51. The van der Waals surface area contributed by atoms with Crippen LogP contribution in [-0.4, -0.2) is 14.6 Å². The van der Waals surface area contributed by atoms with E-state index < -0.39 is 0 Å². The van der Waals surface area contributed by atoms with Crippen LogP contribution in [0.5, 0.6) is 0 Å². The van der Waals surface area contributed by atoms with Crippen LogP contribution in [0.2, 0.25) is 0 Å². The van der Waals surface area contributed by atoms with E-state index in [1.54, 1.807) is 4.52 Å². The van der Waals surface area contributed by atoms with Gasteiger partial charge in [0.05, 0.1) is 17.5 Å². The molecule has 6 heteroatoms. The van der Waals surface area contributed by atoms with Gasteiger partial charge >= 0.3 is 0 Å². The molecule has 0 unspecified atom stereocenters. The maximum absolute atomic E-state index is 9.09. The van der Waals surface area contributed by atoms with Crippen LogP contribution >= 0.6 is 15.9 Å². The number of anilines is 1. The van der Waals surface area contributed by atoms with Gasteiger partial charge in [0.2, 0.25) is 0 Å². The summed E-state index contributed by atoms with van der Waals surface area (Å²) in [6.07, 6.45) is 1.50. The first-order chi connectivity index (χ1) is 10.5. The minimum absolute atomic E-state index is 0.213. The molecule has 0 spiro atoms. The summed E-state index contributed by atoms with van der Waals surface area (Å²) in [6.45, 7) is 4.15. The Labute approximate surface area is 136 Å². The van der Waals surface area contributed by atoms with Crippen LogP contribution in [0.3, 0.4) is 0 Å². The Morgan fingerprint density at radius 3 is 2.55 bits per heavy atom. The number of benzene rings is 1. The third kappa shape index (κ3) is 2.24. The van der Waals surface area contributed by atoms with Gasteiger partial charge in [0.25, 0.3) is 0 Å². The van der Waals surface area contributed by atoms with E-state index in [9.17, 15) is 0 Å². The molecule has 5 nitrogen and oxygen atoms in total. The van der Waals surface area contributed by atoms with E-state index in [1.807, 2.05) is 30.3 Å². The number of nitrogen functional groups attached to an aromatic ring is 1. The van der Waals surface area contributed by atoms with E-state index in [1.165, 1.54) is 6.20 Å². The van der Waals surface area contributed by atoms with Crippen LogP contribution in [0.1, 0.15) is 31.0 Å². The van der Waals surface area contributed by atoms with Crippen molar-refractivity contribution in [1.29, 1.82) is 5.26 Å². The van der Waals surface area contributed by atoms with Crippen molar-refractivity contribution < 1.29 is 0 Å². The number of halogens is 1. The highest BCUT2D eigenvalue weighted by atomic mass is 79.9. The second-order valence-electron chi connectivity index (χ2n) is 5.33. The van der Waals surface area contributed by atoms with E-state index in [2.05, 4.69) is 39.9 Å². The molecule has 110 valence electrons. The van der Waals surface area contributed by atoms with Crippen molar-refractivity contribution in [2.75, 3.05) is 5.73 Å². The molecule has 22 heavy (non-hydrogen) atoms. The van der Waals surface area contributed by atoms with Gasteiger partial charge in [-0.05, 0) is 23.6 Å². The van der Waals surface area contributed by atoms with E-state index in [0.717, 1.165) is 21.3 Å². The minimum atomic E-state index is 0.213. The first-order valence-corrected chi connectivity index (χ1v) is 7.65. The molecule has 0 radical (unpaired) electrons. The number of aromatic nitrogens is 3. The molecule has 0 aliphatic rings. The Morgan fingerprint density at radius 2 is 1.95 bits per heavy atom. The average molecular weight is 356 g/mol. The molecule has 0 amide bonds. The Balaban J connectivity index is 2.37. The lowest BCUT2D eigenvalue weighted by molar-refractivity contribution is 0.790. The van der Waals surface area contributed by atoms with Gasteiger partial charge < -0.3 is 5.73 Å². The molecule has 3 aromatic rings. The van der Waals surface area contributed by atoms with Crippen molar-refractivity contribution in [1.82, 2.24) is 14.6 Å². The number of nitrogens with two attached hydrogens (primary N) is 1. The summed E-state index contributed by atoms with van der Waals surface area (Å²) in [5, 5.41) is 13.7. The van der Waals surface area contributed by atoms with E-state index >= 15 is 0 Å². The minimum Gasteiger partial charge on any atom is -0.382 e. The highest BCUT2D eigenvalue weighted by Crippen LogP contribution is 2.33. The lowest BCUT2D eigenvalue weighted by Crippen LogP contribution is -2.03. The molecule has 0 aliphatic carbocycles. The van der Waals surface area contributed by atoms with Gasteiger partial charge in [0.1, 0.15) is 17.5 Å². The molecule has 0 saturated carbocycles. The summed E-state index contributed by atoms with van der Waals surface area (Å²) in [4.78, 5) is 4.40. The zero-order valence-corrected chi connectivity index (χ0v) is 13.8. The molecule has 2 N–H and O–H groups in total. The van der Waals surface area contributed by atoms with Crippen molar-refractivity contribution in [2.45, 2.75) is 19.8 Å². The molecule has 0 aliphatic heterocycles. The maximum Gasteiger partial charge on any atom is 0.165 e. The van der Waals surface area contributed by atoms with Gasteiger partial charge in [-0.15, -0.1) is 0 Å². The number of hydrogen-bond donors (Lipinski definition) is 1. The quantitative estimate of drug-likeness (QED) is 0.759. The lowest BCUT2D eigenvalue weighted by Gasteiger charge is -2.05. The van der Waals surface area contributed by atoms with E-state index in [4.69, 9.17) is 11.0 Å². The zero-order valence-electron chi connectivity index (χ0n) is 12.2. The molecule has 0 bridgehead atoms. The Morgan fingerprint density at radius 1 is 1.27 bits per heavy atom. The van der Waals surface area contributed by atoms with E-state index in [-0.39, 0.29) is 5.92 Å². The maximum atomic E-state index is 9.09. The van der Waals surface area contributed by atoms with Crippen LogP contribution < -0.4 is 5.73 Å². The van der Waals surface area contributed by atoms with Crippen molar-refractivity contribution >= 4 is 27.4 Å². The summed E-state index contributed by atoms with van der Waals surface area (Å²) >= 11 is 3.44. The van der Waals surface area contributed by atoms with Gasteiger partial charge in [-0.1, -0.05) is 41.9 Å². The number of hydrogen-bond acceptors (Lipinski definition) is 4. The topological polar surface area (TPSA) is 80.0 Å². The standard InChI is InChI=1S/C16H14BrN5/c1-9(2)14-13(10-3-5-12(17)6-4-10)16-20-8-11(7-18)15(19)22(16)21-14/h3-6,8-9H,19H2,1-2H3. The van der Waals surface area contributed by atoms with Crippen LogP contribution in [0.4, 0.5) is 5.82 Å². The van der Waals surface area contributed by atoms with Crippen LogP contribution in [0, 0.1) is 11.3 Å². The fourth-order valence-electron chi connectivity index (χ4n) is 2.40. The average Bonchev–Trinajstić information content (AvgIpc) is 2.89. The smallest absolute Gasteiger partial charge is 0.165 e. The monoisotopic (exact) mass is 355 g/mol. The third-order valence-corrected chi connectivity index (χ3v) is 4.04. The Hall–Kier alpha value is -2.39. The van der Waals surface area contributed by atoms with Gasteiger partial charge in [0, 0.05) is 4.47 Å². The van der Waals surface area contributed by atoms with Gasteiger partial charge in [-0.25, -0.2) is 4.98 Å². The number of nitriles is 1. The summed E-state index contributed by atoms with van der Waals surface area (Å²) < 4.78 is 2.57. The molecule has 0 saturated heterocycles. The molecular formula is C16H14BrN5. The van der Waals surface area contributed by atoms with Crippen LogP contribution in [0.15, 0.2) is 34.9 Å². The molecular weight excluding hydrogens is 342 g/mol. The van der Waals surface area contributed by atoms with Crippen molar-refractivity contribution in [2.24, 2.45) is 0 Å². The summed E-state index contributed by atoms with van der Waals surface area (Å²) in [5.41, 5.74) is 9.94. The molecule has 1 aromatic carbocycles. The first kappa shape index (κ1) is 14.5. The van der Waals surface area contributed by atoms with Gasteiger partial charge in [-0.2, -0.15) is 14.9 Å². The fraction of sp³-hybridized carbons (Fsp3) is 0.188. The summed E-state index contributed by atoms with van der Waals surface area (Å²) in [5.74, 6) is 0.531. The molecule has 0 fully saturated rings. The van der Waals surface area contributed by atoms with E-state index in [0.29, 0.717) is 17.0 Å². The Bertz CT molecular complexity index is 888. The van der Waals surface area contributed by atoms with Gasteiger partial charge in [-0.3, -0.25) is 0 Å². The first-order valence-electron chi connectivity index (χ1n) is 6.86. The normalized spacial score (nSPS) is 11.0. The second kappa shape index (κ2) is 5.43. The molecule has 2 aromatic heterocycles. The van der Waals surface area contributed by atoms with Crippen molar-refractivity contribution in [3.63, 3.8) is 0 Å². The predicted octanol–water partition coefficient (Wildman–Crippen LogP) is 3.74. The number of fused-ring (bicyclic) bond motifs is 1. The van der Waals surface area contributed by atoms with Crippen LogP contribution in [-0.2, 0) is 0 Å². The highest BCUT2D eigenvalue weighted by molar-refractivity contribution is 9.10. The molecule has 2 heterocycles. The summed E-state index contributed by atoms with van der Waals surface area (Å²) in [7, 11) is 0.